The Kier molecular flexibility index (Phi) is 4.30. The predicted octanol–water partition coefficient (Wildman–Crippen LogP) is 0.780. The van der Waals surface area contributed by atoms with Gasteiger partial charge in [-0.3, -0.25) is 5.41 Å². The molecule has 0 radical (unpaired) electrons. The highest BCUT2D eigenvalue weighted by Crippen LogP contribution is 2.29. The Morgan fingerprint density at radius 2 is 2.20 bits per heavy atom. The van der Waals surface area contributed by atoms with Crippen molar-refractivity contribution in [3.05, 3.63) is 29.3 Å². The van der Waals surface area contributed by atoms with Gasteiger partial charge in [0.1, 0.15) is 5.84 Å². The fraction of sp³-hybridized carbons (Fsp3) is 0.533. The van der Waals surface area contributed by atoms with E-state index in [-0.39, 0.29) is 18.0 Å². The van der Waals surface area contributed by atoms with Gasteiger partial charge in [0, 0.05) is 30.4 Å². The molecule has 0 aliphatic carbocycles. The lowest BCUT2D eigenvalue weighted by atomic mass is 10.1. The molecule has 0 aromatic heterocycles. The molecule has 5 heteroatoms. The molecule has 2 rings (SSSR count). The molecule has 110 valence electrons. The normalized spacial score (nSPS) is 22.6. The van der Waals surface area contributed by atoms with Gasteiger partial charge < -0.3 is 20.6 Å². The van der Waals surface area contributed by atoms with Crippen molar-refractivity contribution in [2.75, 3.05) is 32.1 Å². The van der Waals surface area contributed by atoms with Crippen LogP contribution in [-0.4, -0.2) is 55.2 Å². The number of aliphatic hydroxyl groups is 1. The Morgan fingerprint density at radius 3 is 2.80 bits per heavy atom. The smallest absolute Gasteiger partial charge is 0.124 e. The van der Waals surface area contributed by atoms with Crippen molar-refractivity contribution >= 4 is 11.5 Å². The fourth-order valence-corrected chi connectivity index (χ4v) is 2.90. The molecule has 0 bridgehead atoms. The zero-order valence-electron chi connectivity index (χ0n) is 12.4. The minimum absolute atomic E-state index is 0.0775. The Hall–Kier alpha value is -1.59. The molecule has 1 fully saturated rings. The number of nitrogens with one attached hydrogen (secondary N) is 1. The number of likely N-dealkylation sites (N-methyl/N-ethyl adjacent to an activating group) is 1. The van der Waals surface area contributed by atoms with Crippen LogP contribution in [-0.2, 0) is 0 Å². The van der Waals surface area contributed by atoms with E-state index in [0.29, 0.717) is 6.54 Å². The van der Waals surface area contributed by atoms with Crippen molar-refractivity contribution in [2.45, 2.75) is 25.5 Å². The van der Waals surface area contributed by atoms with E-state index in [2.05, 4.69) is 9.80 Å². The molecule has 2 atom stereocenters. The molecular weight excluding hydrogens is 252 g/mol. The van der Waals surface area contributed by atoms with E-state index in [4.69, 9.17) is 11.1 Å². The van der Waals surface area contributed by atoms with Gasteiger partial charge in [0.05, 0.1) is 6.10 Å². The highest BCUT2D eigenvalue weighted by atomic mass is 16.3. The lowest BCUT2D eigenvalue weighted by Gasteiger charge is -2.30. The van der Waals surface area contributed by atoms with Crippen LogP contribution in [0, 0.1) is 12.3 Å². The van der Waals surface area contributed by atoms with Crippen molar-refractivity contribution < 1.29 is 5.11 Å². The highest BCUT2D eigenvalue weighted by molar-refractivity contribution is 6.00. The highest BCUT2D eigenvalue weighted by Gasteiger charge is 2.32. The molecule has 1 saturated heterocycles. The number of anilines is 1. The summed E-state index contributed by atoms with van der Waals surface area (Å²) in [6, 6.07) is 6.22. The number of nitrogens with zero attached hydrogens (tertiary/aromatic N) is 2. The van der Waals surface area contributed by atoms with E-state index in [0.717, 1.165) is 29.8 Å². The van der Waals surface area contributed by atoms with Gasteiger partial charge >= 0.3 is 0 Å². The van der Waals surface area contributed by atoms with Crippen molar-refractivity contribution in [1.29, 1.82) is 5.41 Å². The van der Waals surface area contributed by atoms with Crippen molar-refractivity contribution in [2.24, 2.45) is 5.73 Å². The number of rotatable bonds is 4. The second kappa shape index (κ2) is 5.81. The predicted molar refractivity (Wildman–Crippen MR) is 82.5 cm³/mol. The largest absolute Gasteiger partial charge is 0.391 e. The van der Waals surface area contributed by atoms with Crippen LogP contribution in [0.3, 0.4) is 0 Å². The van der Waals surface area contributed by atoms with Gasteiger partial charge in [-0.05, 0) is 39.6 Å². The molecule has 0 amide bonds. The molecule has 20 heavy (non-hydrogen) atoms. The summed E-state index contributed by atoms with van der Waals surface area (Å²) in [5.41, 5.74) is 8.51. The maximum atomic E-state index is 9.98. The summed E-state index contributed by atoms with van der Waals surface area (Å²) >= 11 is 0. The third kappa shape index (κ3) is 3.11. The number of aliphatic hydroxyl groups excluding tert-OH is 1. The van der Waals surface area contributed by atoms with Crippen LogP contribution < -0.4 is 10.6 Å². The number of hydrogen-bond acceptors (Lipinski definition) is 4. The van der Waals surface area contributed by atoms with Gasteiger partial charge in [-0.15, -0.1) is 0 Å². The third-order valence-corrected chi connectivity index (χ3v) is 3.72. The van der Waals surface area contributed by atoms with Crippen molar-refractivity contribution in [3.8, 4) is 0 Å². The Bertz CT molecular complexity index is 501. The summed E-state index contributed by atoms with van der Waals surface area (Å²) < 4.78 is 0. The maximum Gasteiger partial charge on any atom is 0.124 e. The van der Waals surface area contributed by atoms with Crippen LogP contribution in [0.4, 0.5) is 5.69 Å². The van der Waals surface area contributed by atoms with E-state index in [1.165, 1.54) is 0 Å². The topological polar surface area (TPSA) is 76.6 Å². The molecule has 1 aromatic rings. The average molecular weight is 276 g/mol. The zero-order chi connectivity index (χ0) is 14.9. The van der Waals surface area contributed by atoms with E-state index in [1.807, 2.05) is 39.2 Å². The number of benzene rings is 1. The summed E-state index contributed by atoms with van der Waals surface area (Å²) in [5.74, 6) is 0.0775. The Labute approximate surface area is 120 Å². The lowest BCUT2D eigenvalue weighted by molar-refractivity contribution is 0.191. The molecule has 1 heterocycles. The molecule has 0 spiro atoms. The SMILES string of the molecule is Cc1ccc(N2CC(O)CC2CN(C)C)c(C(=N)N)c1. The monoisotopic (exact) mass is 276 g/mol. The minimum atomic E-state index is -0.318. The number of nitrogens with two attached hydrogens (primary N) is 1. The van der Waals surface area contributed by atoms with Gasteiger partial charge in [-0.1, -0.05) is 11.6 Å². The quantitative estimate of drug-likeness (QED) is 0.561. The summed E-state index contributed by atoms with van der Waals surface area (Å²) in [7, 11) is 4.06. The molecule has 1 aliphatic rings. The molecule has 1 aromatic carbocycles. The standard InChI is InChI=1S/C15H24N4O/c1-10-4-5-14(13(6-10)15(16)17)19-9-12(20)7-11(19)8-18(2)3/h4-6,11-12,20H,7-9H2,1-3H3,(H3,16,17). The first-order valence-corrected chi connectivity index (χ1v) is 6.93. The van der Waals surface area contributed by atoms with Crippen LogP contribution in [0.25, 0.3) is 0 Å². The average Bonchev–Trinajstić information content (AvgIpc) is 2.69. The number of amidine groups is 1. The number of nitrogen functional groups attached to an aromatic ring is 1. The molecule has 2 unspecified atom stereocenters. The molecular formula is C15H24N4O. The fourth-order valence-electron chi connectivity index (χ4n) is 2.90. The third-order valence-electron chi connectivity index (χ3n) is 3.72. The van der Waals surface area contributed by atoms with Crippen molar-refractivity contribution in [1.82, 2.24) is 4.90 Å². The maximum absolute atomic E-state index is 9.98. The minimum Gasteiger partial charge on any atom is -0.391 e. The summed E-state index contributed by atoms with van der Waals surface area (Å²) in [6.45, 7) is 3.47. The number of hydrogen-bond donors (Lipinski definition) is 3. The van der Waals surface area contributed by atoms with Crippen LogP contribution in [0.1, 0.15) is 17.5 Å². The first-order valence-electron chi connectivity index (χ1n) is 6.93. The van der Waals surface area contributed by atoms with Crippen molar-refractivity contribution in [3.63, 3.8) is 0 Å². The number of aryl methyl sites for hydroxylation is 1. The zero-order valence-corrected chi connectivity index (χ0v) is 12.4. The molecule has 5 nitrogen and oxygen atoms in total. The molecule has 4 N–H and O–H groups in total. The first kappa shape index (κ1) is 14.8. The summed E-state index contributed by atoms with van der Waals surface area (Å²) in [6.07, 6.45) is 0.435. The van der Waals surface area contributed by atoms with Gasteiger partial charge in [-0.25, -0.2) is 0 Å². The van der Waals surface area contributed by atoms with Crippen LogP contribution in [0.5, 0.6) is 0 Å². The van der Waals surface area contributed by atoms with Crippen LogP contribution >= 0.6 is 0 Å². The summed E-state index contributed by atoms with van der Waals surface area (Å²) in [5, 5.41) is 17.8. The lowest BCUT2D eigenvalue weighted by Crippen LogP contribution is -2.38. The Balaban J connectivity index is 2.36. The van der Waals surface area contributed by atoms with E-state index < -0.39 is 0 Å². The molecule has 0 saturated carbocycles. The first-order chi connectivity index (χ1) is 9.38. The Morgan fingerprint density at radius 1 is 1.50 bits per heavy atom. The second-order valence-corrected chi connectivity index (χ2v) is 5.89. The number of β-amino-alcohol motifs (C(OH)–C–C–N with tert-alkyl or cyclic N) is 1. The van der Waals surface area contributed by atoms with E-state index in [9.17, 15) is 5.11 Å². The molecule has 1 aliphatic heterocycles. The van der Waals surface area contributed by atoms with Gasteiger partial charge in [-0.2, -0.15) is 0 Å². The van der Waals surface area contributed by atoms with Crippen LogP contribution in [0.15, 0.2) is 18.2 Å². The van der Waals surface area contributed by atoms with Crippen LogP contribution in [0.2, 0.25) is 0 Å². The van der Waals surface area contributed by atoms with Gasteiger partial charge in [0.25, 0.3) is 0 Å². The summed E-state index contributed by atoms with van der Waals surface area (Å²) in [4.78, 5) is 4.30. The van der Waals surface area contributed by atoms with E-state index >= 15 is 0 Å². The second-order valence-electron chi connectivity index (χ2n) is 5.89. The van der Waals surface area contributed by atoms with Gasteiger partial charge in [0.2, 0.25) is 0 Å². The van der Waals surface area contributed by atoms with Gasteiger partial charge in [0.15, 0.2) is 0 Å². The van der Waals surface area contributed by atoms with E-state index in [1.54, 1.807) is 0 Å².